The minimum atomic E-state index is -4.46. The van der Waals surface area contributed by atoms with Gasteiger partial charge in [-0.05, 0) is 24.6 Å². The lowest BCUT2D eigenvalue weighted by Gasteiger charge is -2.13. The largest absolute Gasteiger partial charge is 0.416 e. The van der Waals surface area contributed by atoms with Gasteiger partial charge >= 0.3 is 12.7 Å². The van der Waals surface area contributed by atoms with Crippen molar-refractivity contribution < 1.29 is 22.0 Å². The Labute approximate surface area is 117 Å². The van der Waals surface area contributed by atoms with Crippen LogP contribution in [0.5, 0.6) is 0 Å². The smallest absolute Gasteiger partial charge is 0.378 e. The summed E-state index contributed by atoms with van der Waals surface area (Å²) in [5, 5.41) is 2.67. The summed E-state index contributed by atoms with van der Waals surface area (Å²) in [6.45, 7) is -1.48. The number of imidazole rings is 1. The van der Waals surface area contributed by atoms with E-state index in [0.29, 0.717) is 4.57 Å². The van der Waals surface area contributed by atoms with Crippen molar-refractivity contribution in [1.29, 1.82) is 0 Å². The van der Waals surface area contributed by atoms with Crippen molar-refractivity contribution >= 4 is 5.69 Å². The predicted molar refractivity (Wildman–Crippen MR) is 67.0 cm³/mol. The number of aryl methyl sites for hydroxylation is 1. The first-order chi connectivity index (χ1) is 9.79. The van der Waals surface area contributed by atoms with Gasteiger partial charge in [-0.3, -0.25) is 4.57 Å². The summed E-state index contributed by atoms with van der Waals surface area (Å²) in [5.41, 5.74) is -0.469. The van der Waals surface area contributed by atoms with Gasteiger partial charge in [-0.15, -0.1) is 0 Å². The van der Waals surface area contributed by atoms with Crippen molar-refractivity contribution in [2.75, 3.05) is 5.32 Å². The zero-order valence-corrected chi connectivity index (χ0v) is 11.0. The summed E-state index contributed by atoms with van der Waals surface area (Å²) in [6.07, 6.45) is -2.14. The van der Waals surface area contributed by atoms with Crippen LogP contribution in [0.2, 0.25) is 0 Å². The maximum atomic E-state index is 12.8. The van der Waals surface area contributed by atoms with Gasteiger partial charge in [0.1, 0.15) is 5.82 Å². The van der Waals surface area contributed by atoms with Crippen LogP contribution in [-0.2, 0) is 12.7 Å². The second-order valence-electron chi connectivity index (χ2n) is 4.41. The van der Waals surface area contributed by atoms with Gasteiger partial charge in [-0.2, -0.15) is 22.0 Å². The van der Waals surface area contributed by atoms with Crippen molar-refractivity contribution in [3.8, 4) is 0 Å². The Kier molecular flexibility index (Phi) is 4.15. The summed E-state index contributed by atoms with van der Waals surface area (Å²) in [5.74, 6) is 0.0409. The molecule has 0 radical (unpaired) electrons. The average molecular weight is 305 g/mol. The number of rotatable bonds is 4. The number of aromatic nitrogens is 2. The molecule has 0 saturated carbocycles. The molecular formula is C13H12F5N3. The van der Waals surface area contributed by atoms with Crippen molar-refractivity contribution in [1.82, 2.24) is 9.55 Å². The Bertz CT molecular complexity index is 619. The summed E-state index contributed by atoms with van der Waals surface area (Å²) < 4.78 is 64.2. The van der Waals surface area contributed by atoms with Crippen LogP contribution in [0.3, 0.4) is 0 Å². The van der Waals surface area contributed by atoms with Crippen molar-refractivity contribution in [3.05, 3.63) is 47.5 Å². The van der Waals surface area contributed by atoms with Gasteiger partial charge in [0.05, 0.1) is 12.1 Å². The Balaban J connectivity index is 2.16. The normalized spacial score (nSPS) is 12.0. The molecular weight excluding hydrogens is 293 g/mol. The van der Waals surface area contributed by atoms with Gasteiger partial charge in [0.25, 0.3) is 0 Å². The molecule has 0 amide bonds. The van der Waals surface area contributed by atoms with E-state index in [1.165, 1.54) is 25.3 Å². The fraction of sp³-hybridized carbons (Fsp3) is 0.308. The molecule has 0 bridgehead atoms. The van der Waals surface area contributed by atoms with Gasteiger partial charge in [-0.1, -0.05) is 6.07 Å². The lowest BCUT2D eigenvalue weighted by atomic mass is 10.1. The van der Waals surface area contributed by atoms with Crippen LogP contribution in [0.1, 0.15) is 23.5 Å². The minimum Gasteiger partial charge on any atom is -0.378 e. The summed E-state index contributed by atoms with van der Waals surface area (Å²) in [6, 6.07) is 3.73. The lowest BCUT2D eigenvalue weighted by Crippen LogP contribution is -2.11. The monoisotopic (exact) mass is 305 g/mol. The molecule has 8 heteroatoms. The van der Waals surface area contributed by atoms with Crippen LogP contribution in [-0.4, -0.2) is 9.55 Å². The molecule has 2 aromatic rings. The van der Waals surface area contributed by atoms with Gasteiger partial charge < -0.3 is 5.32 Å². The van der Waals surface area contributed by atoms with E-state index in [9.17, 15) is 22.0 Å². The van der Waals surface area contributed by atoms with E-state index < -0.39 is 18.3 Å². The fourth-order valence-electron chi connectivity index (χ4n) is 1.88. The van der Waals surface area contributed by atoms with Crippen molar-refractivity contribution in [3.63, 3.8) is 0 Å². The fourth-order valence-corrected chi connectivity index (χ4v) is 1.88. The molecule has 0 atom stereocenters. The van der Waals surface area contributed by atoms with Gasteiger partial charge in [0, 0.05) is 18.1 Å². The van der Waals surface area contributed by atoms with E-state index in [1.54, 1.807) is 0 Å². The summed E-state index contributed by atoms with van der Waals surface area (Å²) in [4.78, 5) is 3.74. The highest BCUT2D eigenvalue weighted by molar-refractivity contribution is 5.49. The molecule has 1 aromatic heterocycles. The quantitative estimate of drug-likeness (QED) is 0.857. The average Bonchev–Trinajstić information content (AvgIpc) is 2.85. The molecule has 0 aliphatic heterocycles. The van der Waals surface area contributed by atoms with Gasteiger partial charge in [-0.25, -0.2) is 4.98 Å². The first-order valence-corrected chi connectivity index (χ1v) is 6.00. The van der Waals surface area contributed by atoms with Gasteiger partial charge in [0.15, 0.2) is 0 Å². The Morgan fingerprint density at radius 1 is 1.29 bits per heavy atom. The first-order valence-electron chi connectivity index (χ1n) is 6.00. The minimum absolute atomic E-state index is 0.0409. The molecule has 21 heavy (non-hydrogen) atoms. The van der Waals surface area contributed by atoms with Crippen LogP contribution in [0.4, 0.5) is 27.6 Å². The third-order valence-electron chi connectivity index (χ3n) is 2.95. The Morgan fingerprint density at radius 3 is 2.62 bits per heavy atom. The molecule has 0 saturated heterocycles. The molecule has 1 N–H and O–H groups in total. The summed E-state index contributed by atoms with van der Waals surface area (Å²) in [7, 11) is 0. The lowest BCUT2D eigenvalue weighted by molar-refractivity contribution is -0.138. The van der Waals surface area contributed by atoms with E-state index in [1.807, 2.05) is 0 Å². The second-order valence-corrected chi connectivity index (χ2v) is 4.41. The number of nitrogens with zero attached hydrogens (tertiary/aromatic N) is 2. The van der Waals surface area contributed by atoms with Gasteiger partial charge in [0.2, 0.25) is 0 Å². The molecule has 0 unspecified atom stereocenters. The van der Waals surface area contributed by atoms with Crippen LogP contribution >= 0.6 is 0 Å². The van der Waals surface area contributed by atoms with Crippen LogP contribution < -0.4 is 5.32 Å². The number of alkyl halides is 5. The number of halogens is 5. The highest BCUT2D eigenvalue weighted by Gasteiger charge is 2.32. The van der Waals surface area contributed by atoms with Crippen molar-refractivity contribution in [2.24, 2.45) is 0 Å². The van der Waals surface area contributed by atoms with Crippen LogP contribution in [0.25, 0.3) is 0 Å². The Morgan fingerprint density at radius 2 is 2.00 bits per heavy atom. The van der Waals surface area contributed by atoms with Crippen molar-refractivity contribution in [2.45, 2.75) is 26.2 Å². The standard InChI is InChI=1S/C13H12F5N3/c1-8-2-3-9(6-10(8)13(16,17)18)20-7-11-19-4-5-21(11)12(14)15/h2-6,12,20H,7H2,1H3. The van der Waals surface area contributed by atoms with Crippen LogP contribution in [0, 0.1) is 6.92 Å². The SMILES string of the molecule is Cc1ccc(NCc2nccn2C(F)F)cc1C(F)(F)F. The summed E-state index contributed by atoms with van der Waals surface area (Å²) >= 11 is 0. The highest BCUT2D eigenvalue weighted by Crippen LogP contribution is 2.33. The molecule has 0 aliphatic carbocycles. The predicted octanol–water partition coefficient (Wildman–Crippen LogP) is 4.22. The number of benzene rings is 1. The molecule has 1 aromatic carbocycles. The maximum Gasteiger partial charge on any atom is 0.416 e. The molecule has 114 valence electrons. The zero-order valence-electron chi connectivity index (χ0n) is 11.0. The number of nitrogens with one attached hydrogen (secondary N) is 1. The highest BCUT2D eigenvalue weighted by atomic mass is 19.4. The molecule has 2 rings (SSSR count). The number of hydrogen-bond acceptors (Lipinski definition) is 2. The molecule has 0 aliphatic rings. The topological polar surface area (TPSA) is 29.9 Å². The molecule has 3 nitrogen and oxygen atoms in total. The van der Waals surface area contributed by atoms with E-state index in [0.717, 1.165) is 12.3 Å². The van der Waals surface area contributed by atoms with E-state index in [4.69, 9.17) is 0 Å². The second kappa shape index (κ2) is 5.71. The maximum absolute atomic E-state index is 12.8. The van der Waals surface area contributed by atoms with E-state index >= 15 is 0 Å². The molecule has 0 fully saturated rings. The number of anilines is 1. The third-order valence-corrected chi connectivity index (χ3v) is 2.95. The molecule has 1 heterocycles. The van der Waals surface area contributed by atoms with E-state index in [-0.39, 0.29) is 23.6 Å². The van der Waals surface area contributed by atoms with E-state index in [2.05, 4.69) is 10.3 Å². The number of hydrogen-bond donors (Lipinski definition) is 1. The third kappa shape index (κ3) is 3.50. The van der Waals surface area contributed by atoms with Crippen LogP contribution in [0.15, 0.2) is 30.6 Å². The zero-order chi connectivity index (χ0) is 15.6. The first kappa shape index (κ1) is 15.3. The molecule has 0 spiro atoms. The Hall–Kier alpha value is -2.12.